The van der Waals surface area contributed by atoms with Crippen LogP contribution in [0.3, 0.4) is 0 Å². The van der Waals surface area contributed by atoms with Gasteiger partial charge >= 0.3 is 0 Å². The van der Waals surface area contributed by atoms with Gasteiger partial charge in [0.1, 0.15) is 6.23 Å². The van der Waals surface area contributed by atoms with Gasteiger partial charge in [-0.25, -0.2) is 0 Å². The third-order valence-electron chi connectivity index (χ3n) is 2.50. The zero-order valence-corrected chi connectivity index (χ0v) is 8.57. The van der Waals surface area contributed by atoms with E-state index < -0.39 is 0 Å². The van der Waals surface area contributed by atoms with Crippen LogP contribution in [0, 0.1) is 0 Å². The van der Waals surface area contributed by atoms with E-state index >= 15 is 0 Å². The first-order valence-corrected chi connectivity index (χ1v) is 4.99. The maximum atomic E-state index is 9.70. The molecule has 1 rings (SSSR count). The molecule has 0 aromatic rings. The lowest BCUT2D eigenvalue weighted by Gasteiger charge is -2.35. The molecule has 0 aromatic carbocycles. The summed E-state index contributed by atoms with van der Waals surface area (Å²) in [6.07, 6.45) is 1.64. The topological polar surface area (TPSA) is 35.9 Å². The van der Waals surface area contributed by atoms with E-state index in [1.807, 2.05) is 5.06 Å². The van der Waals surface area contributed by atoms with Crippen molar-refractivity contribution in [3.8, 4) is 0 Å². The van der Waals surface area contributed by atoms with Crippen LogP contribution in [0.5, 0.6) is 0 Å². The summed E-state index contributed by atoms with van der Waals surface area (Å²) in [5, 5.41) is 11.6. The Morgan fingerprint density at radius 1 is 1.31 bits per heavy atom. The lowest BCUT2D eigenvalue weighted by Crippen LogP contribution is -2.49. The standard InChI is InChI=1S/C9H20N2O2/c1-3-4-9(12)10-5-7-11(13-2)8-6-10/h9,12H,3-8H2,1-2H3. The van der Waals surface area contributed by atoms with Crippen LogP contribution in [0.4, 0.5) is 0 Å². The maximum absolute atomic E-state index is 9.70. The Labute approximate surface area is 80.0 Å². The van der Waals surface area contributed by atoms with Crippen molar-refractivity contribution < 1.29 is 9.94 Å². The number of aliphatic hydroxyl groups excluding tert-OH is 1. The minimum Gasteiger partial charge on any atom is -0.378 e. The van der Waals surface area contributed by atoms with Gasteiger partial charge in [0, 0.05) is 26.2 Å². The molecule has 0 radical (unpaired) electrons. The Bertz CT molecular complexity index is 136. The number of rotatable bonds is 4. The van der Waals surface area contributed by atoms with Gasteiger partial charge in [-0.1, -0.05) is 13.3 Å². The van der Waals surface area contributed by atoms with Crippen LogP contribution in [-0.2, 0) is 4.84 Å². The van der Waals surface area contributed by atoms with E-state index in [0.29, 0.717) is 0 Å². The van der Waals surface area contributed by atoms with Crippen LogP contribution in [0.1, 0.15) is 19.8 Å². The Morgan fingerprint density at radius 3 is 2.38 bits per heavy atom. The lowest BCUT2D eigenvalue weighted by atomic mass is 10.2. The molecule has 4 nitrogen and oxygen atoms in total. The molecule has 4 heteroatoms. The average molecular weight is 188 g/mol. The van der Waals surface area contributed by atoms with Gasteiger partial charge in [0.15, 0.2) is 0 Å². The lowest BCUT2D eigenvalue weighted by molar-refractivity contribution is -0.166. The van der Waals surface area contributed by atoms with E-state index in [-0.39, 0.29) is 6.23 Å². The highest BCUT2D eigenvalue weighted by Gasteiger charge is 2.21. The SMILES string of the molecule is CCCC(O)N1CCN(OC)CC1. The van der Waals surface area contributed by atoms with Crippen LogP contribution in [0.2, 0.25) is 0 Å². The number of hydroxylamine groups is 2. The smallest absolute Gasteiger partial charge is 0.107 e. The van der Waals surface area contributed by atoms with Crippen molar-refractivity contribution in [2.45, 2.75) is 26.0 Å². The van der Waals surface area contributed by atoms with E-state index in [9.17, 15) is 5.11 Å². The van der Waals surface area contributed by atoms with E-state index in [1.165, 1.54) is 0 Å². The average Bonchev–Trinajstić information content (AvgIpc) is 2.18. The monoisotopic (exact) mass is 188 g/mol. The second kappa shape index (κ2) is 5.54. The van der Waals surface area contributed by atoms with Gasteiger partial charge in [0.2, 0.25) is 0 Å². The molecule has 1 unspecified atom stereocenters. The van der Waals surface area contributed by atoms with E-state index in [4.69, 9.17) is 4.84 Å². The Balaban J connectivity index is 2.23. The molecule has 0 saturated carbocycles. The molecule has 1 saturated heterocycles. The molecule has 0 amide bonds. The van der Waals surface area contributed by atoms with Gasteiger partial charge < -0.3 is 9.94 Å². The summed E-state index contributed by atoms with van der Waals surface area (Å²) < 4.78 is 0. The fraction of sp³-hybridized carbons (Fsp3) is 1.00. The van der Waals surface area contributed by atoms with Gasteiger partial charge in [-0.05, 0) is 6.42 Å². The van der Waals surface area contributed by atoms with Gasteiger partial charge in [0.05, 0.1) is 7.11 Å². The highest BCUT2D eigenvalue weighted by Crippen LogP contribution is 2.08. The third-order valence-corrected chi connectivity index (χ3v) is 2.50. The second-order valence-electron chi connectivity index (χ2n) is 3.42. The highest BCUT2D eigenvalue weighted by atomic mass is 16.7. The van der Waals surface area contributed by atoms with E-state index in [1.54, 1.807) is 7.11 Å². The van der Waals surface area contributed by atoms with E-state index in [0.717, 1.165) is 39.0 Å². The van der Waals surface area contributed by atoms with Crippen LogP contribution in [0.15, 0.2) is 0 Å². The molecule has 1 atom stereocenters. The molecule has 1 fully saturated rings. The van der Waals surface area contributed by atoms with Crippen molar-refractivity contribution in [2.75, 3.05) is 33.3 Å². The van der Waals surface area contributed by atoms with Crippen molar-refractivity contribution in [1.29, 1.82) is 0 Å². The molecular formula is C9H20N2O2. The fourth-order valence-electron chi connectivity index (χ4n) is 1.62. The van der Waals surface area contributed by atoms with E-state index in [2.05, 4.69) is 11.8 Å². The highest BCUT2D eigenvalue weighted by molar-refractivity contribution is 4.69. The van der Waals surface area contributed by atoms with Crippen molar-refractivity contribution in [1.82, 2.24) is 9.96 Å². The maximum Gasteiger partial charge on any atom is 0.107 e. The molecule has 0 bridgehead atoms. The molecule has 1 heterocycles. The summed E-state index contributed by atoms with van der Waals surface area (Å²) >= 11 is 0. The molecule has 1 aliphatic heterocycles. The number of nitrogens with zero attached hydrogens (tertiary/aromatic N) is 2. The zero-order valence-electron chi connectivity index (χ0n) is 8.57. The van der Waals surface area contributed by atoms with Crippen LogP contribution in [0.25, 0.3) is 0 Å². The van der Waals surface area contributed by atoms with Crippen LogP contribution in [-0.4, -0.2) is 54.6 Å². The normalized spacial score (nSPS) is 23.3. The van der Waals surface area contributed by atoms with Gasteiger partial charge in [0.25, 0.3) is 0 Å². The first kappa shape index (κ1) is 10.9. The second-order valence-corrected chi connectivity index (χ2v) is 3.42. The molecule has 78 valence electrons. The number of piperazine rings is 1. The third kappa shape index (κ3) is 3.23. The number of hydrogen-bond donors (Lipinski definition) is 1. The van der Waals surface area contributed by atoms with Gasteiger partial charge in [-0.3, -0.25) is 4.90 Å². The number of hydrogen-bond acceptors (Lipinski definition) is 4. The van der Waals surface area contributed by atoms with Gasteiger partial charge in [-0.2, -0.15) is 5.06 Å². The molecule has 0 aliphatic carbocycles. The first-order chi connectivity index (χ1) is 6.27. The minimum atomic E-state index is -0.260. The molecule has 13 heavy (non-hydrogen) atoms. The summed E-state index contributed by atoms with van der Waals surface area (Å²) in [4.78, 5) is 7.21. The predicted octanol–water partition coefficient (Wildman–Crippen LogP) is 0.284. The summed E-state index contributed by atoms with van der Waals surface area (Å²) in [6.45, 7) is 5.66. The van der Waals surface area contributed by atoms with Crippen molar-refractivity contribution >= 4 is 0 Å². The quantitative estimate of drug-likeness (QED) is 0.687. The van der Waals surface area contributed by atoms with Crippen molar-refractivity contribution in [3.05, 3.63) is 0 Å². The molecule has 0 aromatic heterocycles. The predicted molar refractivity (Wildman–Crippen MR) is 51.1 cm³/mol. The largest absolute Gasteiger partial charge is 0.378 e. The van der Waals surface area contributed by atoms with Crippen LogP contribution < -0.4 is 0 Å². The summed E-state index contributed by atoms with van der Waals surface area (Å²) in [6, 6.07) is 0. The first-order valence-electron chi connectivity index (χ1n) is 4.99. The zero-order chi connectivity index (χ0) is 9.68. The minimum absolute atomic E-state index is 0.260. The molecular weight excluding hydrogens is 168 g/mol. The number of aliphatic hydroxyl groups is 1. The van der Waals surface area contributed by atoms with Crippen molar-refractivity contribution in [3.63, 3.8) is 0 Å². The Hall–Kier alpha value is -0.160. The fourth-order valence-corrected chi connectivity index (χ4v) is 1.62. The summed E-state index contributed by atoms with van der Waals surface area (Å²) in [5.41, 5.74) is 0. The Kier molecular flexibility index (Phi) is 4.66. The summed E-state index contributed by atoms with van der Waals surface area (Å²) in [7, 11) is 1.69. The Morgan fingerprint density at radius 2 is 1.92 bits per heavy atom. The van der Waals surface area contributed by atoms with Crippen molar-refractivity contribution in [2.24, 2.45) is 0 Å². The van der Waals surface area contributed by atoms with Crippen LogP contribution >= 0.6 is 0 Å². The molecule has 0 spiro atoms. The molecule has 1 N–H and O–H groups in total. The molecule has 1 aliphatic rings. The summed E-state index contributed by atoms with van der Waals surface area (Å²) in [5.74, 6) is 0. The van der Waals surface area contributed by atoms with Gasteiger partial charge in [-0.15, -0.1) is 0 Å².